The lowest BCUT2D eigenvalue weighted by atomic mass is 9.88. The highest BCUT2D eigenvalue weighted by atomic mass is 16.1. The summed E-state index contributed by atoms with van der Waals surface area (Å²) in [4.78, 5) is 15.8. The number of pyridine rings is 1. The second-order valence-corrected chi connectivity index (χ2v) is 4.86. The van der Waals surface area contributed by atoms with Gasteiger partial charge in [-0.2, -0.15) is 0 Å². The largest absolute Gasteiger partial charge is 0.349 e. The summed E-state index contributed by atoms with van der Waals surface area (Å²) in [5.41, 5.74) is 6.34. The van der Waals surface area contributed by atoms with Gasteiger partial charge in [0.15, 0.2) is 0 Å². The van der Waals surface area contributed by atoms with Crippen molar-refractivity contribution < 1.29 is 4.79 Å². The van der Waals surface area contributed by atoms with Crippen molar-refractivity contribution in [1.29, 1.82) is 0 Å². The lowest BCUT2D eigenvalue weighted by Gasteiger charge is -2.33. The smallest absolute Gasteiger partial charge is 0.224 e. The van der Waals surface area contributed by atoms with E-state index in [2.05, 4.69) is 24.1 Å². The van der Waals surface area contributed by atoms with Gasteiger partial charge in [-0.1, -0.05) is 13.8 Å². The molecule has 1 atom stereocenters. The van der Waals surface area contributed by atoms with E-state index in [4.69, 9.17) is 5.73 Å². The van der Waals surface area contributed by atoms with Crippen LogP contribution in [0.15, 0.2) is 24.5 Å². The fourth-order valence-corrected chi connectivity index (χ4v) is 1.48. The van der Waals surface area contributed by atoms with Crippen molar-refractivity contribution in [2.45, 2.75) is 32.7 Å². The molecular formula is C13H21N3O. The first-order chi connectivity index (χ1) is 7.98. The fourth-order valence-electron chi connectivity index (χ4n) is 1.48. The highest BCUT2D eigenvalue weighted by molar-refractivity contribution is 5.79. The normalized spacial score (nSPS) is 14.4. The Hall–Kier alpha value is -1.42. The third-order valence-corrected chi connectivity index (χ3v) is 3.24. The quantitative estimate of drug-likeness (QED) is 0.803. The molecule has 17 heavy (non-hydrogen) atoms. The molecule has 3 N–H and O–H groups in total. The zero-order valence-electron chi connectivity index (χ0n) is 10.7. The molecule has 0 saturated carbocycles. The Morgan fingerprint density at radius 3 is 2.53 bits per heavy atom. The van der Waals surface area contributed by atoms with Gasteiger partial charge in [-0.05, 0) is 30.5 Å². The SMILES string of the molecule is CC(C)C(C)(CN)NC(=O)Cc1ccncc1. The molecule has 0 aliphatic rings. The molecule has 94 valence electrons. The van der Waals surface area contributed by atoms with Gasteiger partial charge in [0.05, 0.1) is 12.0 Å². The van der Waals surface area contributed by atoms with Crippen LogP contribution in [0, 0.1) is 5.92 Å². The minimum absolute atomic E-state index is 0.00199. The number of carbonyl (C=O) groups is 1. The Labute approximate surface area is 103 Å². The van der Waals surface area contributed by atoms with Crippen LogP contribution in [-0.2, 0) is 11.2 Å². The molecule has 0 aliphatic carbocycles. The summed E-state index contributed by atoms with van der Waals surface area (Å²) in [5, 5.41) is 3.01. The van der Waals surface area contributed by atoms with Crippen LogP contribution in [0.25, 0.3) is 0 Å². The van der Waals surface area contributed by atoms with Crippen molar-refractivity contribution in [3.05, 3.63) is 30.1 Å². The van der Waals surface area contributed by atoms with Crippen molar-refractivity contribution in [1.82, 2.24) is 10.3 Å². The van der Waals surface area contributed by atoms with E-state index in [-0.39, 0.29) is 11.4 Å². The van der Waals surface area contributed by atoms with E-state index < -0.39 is 0 Å². The molecule has 1 aromatic rings. The Balaban J connectivity index is 2.61. The third kappa shape index (κ3) is 3.82. The van der Waals surface area contributed by atoms with Crippen LogP contribution in [0.5, 0.6) is 0 Å². The van der Waals surface area contributed by atoms with Crippen molar-refractivity contribution in [2.75, 3.05) is 6.54 Å². The number of aromatic nitrogens is 1. The molecule has 0 aromatic carbocycles. The summed E-state index contributed by atoms with van der Waals surface area (Å²) in [6.45, 7) is 6.52. The standard InChI is InChI=1S/C13H21N3O/c1-10(2)13(3,9-14)16-12(17)8-11-4-6-15-7-5-11/h4-7,10H,8-9,14H2,1-3H3,(H,16,17). The number of amides is 1. The summed E-state index contributed by atoms with van der Waals surface area (Å²) in [6.07, 6.45) is 3.74. The number of nitrogens with two attached hydrogens (primary N) is 1. The monoisotopic (exact) mass is 235 g/mol. The molecule has 0 radical (unpaired) electrons. The van der Waals surface area contributed by atoms with E-state index in [1.807, 2.05) is 19.1 Å². The lowest BCUT2D eigenvalue weighted by Crippen LogP contribution is -2.55. The molecule has 0 spiro atoms. The van der Waals surface area contributed by atoms with Gasteiger partial charge >= 0.3 is 0 Å². The highest BCUT2D eigenvalue weighted by Gasteiger charge is 2.28. The van der Waals surface area contributed by atoms with E-state index in [0.29, 0.717) is 18.9 Å². The second-order valence-electron chi connectivity index (χ2n) is 4.86. The number of rotatable bonds is 5. The van der Waals surface area contributed by atoms with Crippen LogP contribution in [-0.4, -0.2) is 23.0 Å². The summed E-state index contributed by atoms with van der Waals surface area (Å²) < 4.78 is 0. The van der Waals surface area contributed by atoms with Crippen LogP contribution in [0.3, 0.4) is 0 Å². The molecule has 4 heteroatoms. The third-order valence-electron chi connectivity index (χ3n) is 3.24. The zero-order chi connectivity index (χ0) is 12.9. The highest BCUT2D eigenvalue weighted by Crippen LogP contribution is 2.14. The van der Waals surface area contributed by atoms with Crippen molar-refractivity contribution >= 4 is 5.91 Å². The summed E-state index contributed by atoms with van der Waals surface area (Å²) in [7, 11) is 0. The first kappa shape index (κ1) is 13.6. The number of nitrogens with zero attached hydrogens (tertiary/aromatic N) is 1. The van der Waals surface area contributed by atoms with E-state index in [1.54, 1.807) is 12.4 Å². The van der Waals surface area contributed by atoms with E-state index in [0.717, 1.165) is 5.56 Å². The Bertz CT molecular complexity index is 364. The summed E-state index contributed by atoms with van der Waals surface area (Å²) >= 11 is 0. The topological polar surface area (TPSA) is 68.0 Å². The van der Waals surface area contributed by atoms with Crippen LogP contribution in [0.1, 0.15) is 26.3 Å². The minimum Gasteiger partial charge on any atom is -0.349 e. The van der Waals surface area contributed by atoms with Crippen LogP contribution >= 0.6 is 0 Å². The number of hydrogen-bond donors (Lipinski definition) is 2. The fraction of sp³-hybridized carbons (Fsp3) is 0.538. The molecule has 1 aromatic heterocycles. The maximum atomic E-state index is 11.9. The summed E-state index contributed by atoms with van der Waals surface area (Å²) in [6, 6.07) is 3.68. The molecule has 1 amide bonds. The molecular weight excluding hydrogens is 214 g/mol. The Kier molecular flexibility index (Phi) is 4.63. The summed E-state index contributed by atoms with van der Waals surface area (Å²) in [5.74, 6) is 0.298. The molecule has 1 heterocycles. The molecule has 4 nitrogen and oxygen atoms in total. The lowest BCUT2D eigenvalue weighted by molar-refractivity contribution is -0.122. The average molecular weight is 235 g/mol. The first-order valence-corrected chi connectivity index (χ1v) is 5.88. The van der Waals surface area contributed by atoms with Crippen LogP contribution in [0.2, 0.25) is 0 Å². The van der Waals surface area contributed by atoms with Gasteiger partial charge in [0, 0.05) is 18.9 Å². The Morgan fingerprint density at radius 1 is 1.47 bits per heavy atom. The van der Waals surface area contributed by atoms with Gasteiger partial charge in [-0.15, -0.1) is 0 Å². The first-order valence-electron chi connectivity index (χ1n) is 5.88. The van der Waals surface area contributed by atoms with Gasteiger partial charge in [0.1, 0.15) is 0 Å². The second kappa shape index (κ2) is 5.77. The predicted octanol–water partition coefficient (Wildman–Crippen LogP) is 1.11. The molecule has 0 fully saturated rings. The van der Waals surface area contributed by atoms with E-state index >= 15 is 0 Å². The van der Waals surface area contributed by atoms with Crippen molar-refractivity contribution in [3.63, 3.8) is 0 Å². The molecule has 1 unspecified atom stereocenters. The number of hydrogen-bond acceptors (Lipinski definition) is 3. The van der Waals surface area contributed by atoms with E-state index in [9.17, 15) is 4.79 Å². The van der Waals surface area contributed by atoms with Crippen molar-refractivity contribution in [2.24, 2.45) is 11.7 Å². The van der Waals surface area contributed by atoms with Gasteiger partial charge in [-0.25, -0.2) is 0 Å². The maximum Gasteiger partial charge on any atom is 0.224 e. The zero-order valence-corrected chi connectivity index (χ0v) is 10.7. The van der Waals surface area contributed by atoms with Gasteiger partial charge in [-0.3, -0.25) is 9.78 Å². The van der Waals surface area contributed by atoms with Crippen molar-refractivity contribution in [3.8, 4) is 0 Å². The van der Waals surface area contributed by atoms with Crippen LogP contribution in [0.4, 0.5) is 0 Å². The minimum atomic E-state index is -0.343. The van der Waals surface area contributed by atoms with Gasteiger partial charge < -0.3 is 11.1 Å². The maximum absolute atomic E-state index is 11.9. The van der Waals surface area contributed by atoms with E-state index in [1.165, 1.54) is 0 Å². The number of nitrogens with one attached hydrogen (secondary N) is 1. The Morgan fingerprint density at radius 2 is 2.06 bits per heavy atom. The van der Waals surface area contributed by atoms with Gasteiger partial charge in [0.25, 0.3) is 0 Å². The molecule has 0 bridgehead atoms. The van der Waals surface area contributed by atoms with Crippen LogP contribution < -0.4 is 11.1 Å². The molecule has 1 rings (SSSR count). The number of carbonyl (C=O) groups excluding carboxylic acids is 1. The molecule has 0 aliphatic heterocycles. The molecule has 0 saturated heterocycles. The average Bonchev–Trinajstić information content (AvgIpc) is 2.29. The van der Waals surface area contributed by atoms with Gasteiger partial charge in [0.2, 0.25) is 5.91 Å². The predicted molar refractivity (Wildman–Crippen MR) is 68.4 cm³/mol.